The molecule has 0 fully saturated rings. The Morgan fingerprint density at radius 2 is 1.83 bits per heavy atom. The fourth-order valence-electron chi connectivity index (χ4n) is 2.29. The molecule has 2 rings (SSSR count). The summed E-state index contributed by atoms with van der Waals surface area (Å²) in [6.45, 7) is 3.69. The van der Waals surface area contributed by atoms with Crippen molar-refractivity contribution < 1.29 is 9.59 Å². The van der Waals surface area contributed by atoms with E-state index in [1.54, 1.807) is 0 Å². The van der Waals surface area contributed by atoms with Gasteiger partial charge in [0.2, 0.25) is 11.8 Å². The van der Waals surface area contributed by atoms with Crippen LogP contribution in [0.3, 0.4) is 0 Å². The van der Waals surface area contributed by atoms with Crippen LogP contribution >= 0.6 is 0 Å². The first kappa shape index (κ1) is 16.5. The van der Waals surface area contributed by atoms with Crippen molar-refractivity contribution in [3.05, 3.63) is 65.2 Å². The molecule has 5 heteroatoms. The third kappa shape index (κ3) is 4.57. The lowest BCUT2D eigenvalue weighted by atomic mass is 10.1. The monoisotopic (exact) mass is 311 g/mol. The molecule has 4 N–H and O–H groups in total. The predicted octanol–water partition coefficient (Wildman–Crippen LogP) is 2.07. The molecule has 23 heavy (non-hydrogen) atoms. The number of carbonyl (C=O) groups excluding carboxylic acids is 2. The maximum Gasteiger partial charge on any atom is 0.247 e. The van der Waals surface area contributed by atoms with Gasteiger partial charge < -0.3 is 16.4 Å². The first-order valence-electron chi connectivity index (χ1n) is 7.42. The standard InChI is InChI=1S/C18H21N3O2/c1-12-10-14(8-9-16(12)19)11-20-18(23)17(21-13(2)22)15-6-4-3-5-7-15/h3-10,17H,11,19H2,1-2H3,(H,20,23)(H,21,22). The summed E-state index contributed by atoms with van der Waals surface area (Å²) in [7, 11) is 0. The molecule has 0 aliphatic heterocycles. The molecule has 1 atom stereocenters. The lowest BCUT2D eigenvalue weighted by Gasteiger charge is -2.18. The van der Waals surface area contributed by atoms with Crippen LogP contribution < -0.4 is 16.4 Å². The average Bonchev–Trinajstić information content (AvgIpc) is 2.54. The van der Waals surface area contributed by atoms with Gasteiger partial charge in [0, 0.05) is 19.2 Å². The van der Waals surface area contributed by atoms with Crippen LogP contribution in [0.4, 0.5) is 5.69 Å². The Labute approximate surface area is 135 Å². The van der Waals surface area contributed by atoms with Gasteiger partial charge in [-0.15, -0.1) is 0 Å². The first-order valence-corrected chi connectivity index (χ1v) is 7.42. The molecule has 0 saturated carbocycles. The zero-order chi connectivity index (χ0) is 16.8. The predicted molar refractivity (Wildman–Crippen MR) is 90.4 cm³/mol. The zero-order valence-corrected chi connectivity index (χ0v) is 13.3. The number of aryl methyl sites for hydroxylation is 1. The summed E-state index contributed by atoms with van der Waals surface area (Å²) < 4.78 is 0. The minimum atomic E-state index is -0.705. The molecular weight excluding hydrogens is 290 g/mol. The van der Waals surface area contributed by atoms with E-state index in [1.807, 2.05) is 55.5 Å². The molecule has 120 valence electrons. The van der Waals surface area contributed by atoms with E-state index in [2.05, 4.69) is 10.6 Å². The third-order valence-electron chi connectivity index (χ3n) is 3.54. The number of nitrogens with two attached hydrogens (primary N) is 1. The smallest absolute Gasteiger partial charge is 0.247 e. The second-order valence-corrected chi connectivity index (χ2v) is 5.45. The first-order chi connectivity index (χ1) is 11.0. The van der Waals surface area contributed by atoms with Crippen LogP contribution in [-0.4, -0.2) is 11.8 Å². The maximum absolute atomic E-state index is 12.5. The molecule has 0 aromatic heterocycles. The molecule has 0 radical (unpaired) electrons. The molecule has 0 saturated heterocycles. The van der Waals surface area contributed by atoms with Crippen molar-refractivity contribution in [3.63, 3.8) is 0 Å². The molecular formula is C18H21N3O2. The number of hydrogen-bond acceptors (Lipinski definition) is 3. The molecule has 2 amide bonds. The largest absolute Gasteiger partial charge is 0.399 e. The van der Waals surface area contributed by atoms with E-state index in [0.29, 0.717) is 6.54 Å². The summed E-state index contributed by atoms with van der Waals surface area (Å²) in [6.07, 6.45) is 0. The number of rotatable bonds is 5. The summed E-state index contributed by atoms with van der Waals surface area (Å²) in [5, 5.41) is 5.54. The number of nitrogen functional groups attached to an aromatic ring is 1. The van der Waals surface area contributed by atoms with Gasteiger partial charge in [0.05, 0.1) is 0 Å². The normalized spacial score (nSPS) is 11.6. The fourth-order valence-corrected chi connectivity index (χ4v) is 2.29. The fraction of sp³-hybridized carbons (Fsp3) is 0.222. The lowest BCUT2D eigenvalue weighted by Crippen LogP contribution is -2.39. The van der Waals surface area contributed by atoms with Gasteiger partial charge in [-0.1, -0.05) is 42.5 Å². The SMILES string of the molecule is CC(=O)NC(C(=O)NCc1ccc(N)c(C)c1)c1ccccc1. The van der Waals surface area contributed by atoms with Gasteiger partial charge in [0.25, 0.3) is 0 Å². The molecule has 0 heterocycles. The van der Waals surface area contributed by atoms with Crippen LogP contribution in [0.2, 0.25) is 0 Å². The van der Waals surface area contributed by atoms with Crippen LogP contribution in [0, 0.1) is 6.92 Å². The molecule has 0 aliphatic carbocycles. The highest BCUT2D eigenvalue weighted by molar-refractivity contribution is 5.87. The van der Waals surface area contributed by atoms with Crippen LogP contribution in [0.1, 0.15) is 29.7 Å². The Kier molecular flexibility index (Phi) is 5.36. The summed E-state index contributed by atoms with van der Waals surface area (Å²) in [4.78, 5) is 23.8. The number of amides is 2. The van der Waals surface area contributed by atoms with Crippen LogP contribution in [0.5, 0.6) is 0 Å². The van der Waals surface area contributed by atoms with Crippen LogP contribution in [-0.2, 0) is 16.1 Å². The van der Waals surface area contributed by atoms with Crippen LogP contribution in [0.25, 0.3) is 0 Å². The molecule has 0 bridgehead atoms. The molecule has 0 spiro atoms. The second-order valence-electron chi connectivity index (χ2n) is 5.45. The van der Waals surface area contributed by atoms with Crippen LogP contribution in [0.15, 0.2) is 48.5 Å². The number of hydrogen-bond donors (Lipinski definition) is 3. The van der Waals surface area contributed by atoms with E-state index in [9.17, 15) is 9.59 Å². The highest BCUT2D eigenvalue weighted by atomic mass is 16.2. The van der Waals surface area contributed by atoms with Gasteiger partial charge in [-0.25, -0.2) is 0 Å². The highest BCUT2D eigenvalue weighted by Crippen LogP contribution is 2.15. The maximum atomic E-state index is 12.5. The van der Waals surface area contributed by atoms with E-state index in [4.69, 9.17) is 5.73 Å². The van der Waals surface area contributed by atoms with Gasteiger partial charge in [0.1, 0.15) is 6.04 Å². The Morgan fingerprint density at radius 1 is 1.13 bits per heavy atom. The Bertz CT molecular complexity index is 699. The molecule has 5 nitrogen and oxygen atoms in total. The zero-order valence-electron chi connectivity index (χ0n) is 13.3. The van der Waals surface area contributed by atoms with Gasteiger partial charge >= 0.3 is 0 Å². The number of nitrogens with one attached hydrogen (secondary N) is 2. The third-order valence-corrected chi connectivity index (χ3v) is 3.54. The second kappa shape index (κ2) is 7.45. The van der Waals surface area contributed by atoms with Crippen molar-refractivity contribution in [2.75, 3.05) is 5.73 Å². The summed E-state index contributed by atoms with van der Waals surface area (Å²) in [5.74, 6) is -0.502. The average molecular weight is 311 g/mol. The Balaban J connectivity index is 2.08. The Hall–Kier alpha value is -2.82. The lowest BCUT2D eigenvalue weighted by molar-refractivity contribution is -0.128. The highest BCUT2D eigenvalue weighted by Gasteiger charge is 2.20. The van der Waals surface area contributed by atoms with Gasteiger partial charge in [-0.05, 0) is 29.7 Å². The van der Waals surface area contributed by atoms with Crippen molar-refractivity contribution in [1.29, 1.82) is 0 Å². The van der Waals surface area contributed by atoms with Crippen molar-refractivity contribution in [2.45, 2.75) is 26.4 Å². The van der Waals surface area contributed by atoms with E-state index in [0.717, 1.165) is 22.4 Å². The van der Waals surface area contributed by atoms with Gasteiger partial charge in [-0.2, -0.15) is 0 Å². The summed E-state index contributed by atoms with van der Waals surface area (Å²) in [5.41, 5.74) is 9.18. The Morgan fingerprint density at radius 3 is 2.43 bits per heavy atom. The van der Waals surface area contributed by atoms with Crippen molar-refractivity contribution >= 4 is 17.5 Å². The number of benzene rings is 2. The minimum Gasteiger partial charge on any atom is -0.399 e. The van der Waals surface area contributed by atoms with E-state index >= 15 is 0 Å². The van der Waals surface area contributed by atoms with Crippen molar-refractivity contribution in [3.8, 4) is 0 Å². The molecule has 1 unspecified atom stereocenters. The van der Waals surface area contributed by atoms with Gasteiger partial charge in [-0.3, -0.25) is 9.59 Å². The topological polar surface area (TPSA) is 84.2 Å². The quantitative estimate of drug-likeness (QED) is 0.739. The summed E-state index contributed by atoms with van der Waals surface area (Å²) >= 11 is 0. The minimum absolute atomic E-state index is 0.249. The van der Waals surface area contributed by atoms with Crippen molar-refractivity contribution in [1.82, 2.24) is 10.6 Å². The number of carbonyl (C=O) groups is 2. The molecule has 2 aromatic rings. The van der Waals surface area contributed by atoms with E-state index in [1.165, 1.54) is 6.92 Å². The molecule has 0 aliphatic rings. The summed E-state index contributed by atoms with van der Waals surface area (Å²) in [6, 6.07) is 14.1. The van der Waals surface area contributed by atoms with Gasteiger partial charge in [0.15, 0.2) is 0 Å². The van der Waals surface area contributed by atoms with E-state index in [-0.39, 0.29) is 11.8 Å². The number of anilines is 1. The van der Waals surface area contributed by atoms with E-state index < -0.39 is 6.04 Å². The molecule has 2 aromatic carbocycles. The van der Waals surface area contributed by atoms with Crippen molar-refractivity contribution in [2.24, 2.45) is 0 Å².